The highest BCUT2D eigenvalue weighted by Gasteiger charge is 2.64. The van der Waals surface area contributed by atoms with Crippen LogP contribution in [0.15, 0.2) is 48.5 Å². The van der Waals surface area contributed by atoms with Crippen LogP contribution in [0.1, 0.15) is 47.4 Å². The summed E-state index contributed by atoms with van der Waals surface area (Å²) in [6.45, 7) is 4.78. The molecule has 0 aliphatic carbocycles. The Morgan fingerprint density at radius 2 is 1.74 bits per heavy atom. The second-order valence-corrected chi connectivity index (χ2v) is 9.80. The molecule has 0 aromatic heterocycles. The number of ether oxygens (including phenoxy) is 1. The number of nitrogens with zero attached hydrogens (tertiary/aromatic N) is 1. The molecule has 1 spiro atoms. The van der Waals surface area contributed by atoms with Crippen molar-refractivity contribution in [3.63, 3.8) is 0 Å². The number of alkyl halides is 3. The van der Waals surface area contributed by atoms with Crippen molar-refractivity contribution in [3.05, 3.63) is 70.8 Å². The number of aryl methyl sites for hydroxylation is 2. The normalized spacial score (nSPS) is 21.9. The standard InChI is InChI=1S/C27H31F3N2O3/c1-18-9-10-19(2)21(15-18)22-17-31-23(33)16-25(22)11-13-32(14-12-25)24(34)26(35-3,27(28,29)30)20-7-5-4-6-8-20/h4-10,15,22H,11-14,16-17H2,1-3H3,(H,31,33)/t22?,26-/m1/s1. The van der Waals surface area contributed by atoms with E-state index < -0.39 is 23.1 Å². The van der Waals surface area contributed by atoms with Gasteiger partial charge in [-0.25, -0.2) is 0 Å². The Morgan fingerprint density at radius 3 is 2.34 bits per heavy atom. The van der Waals surface area contributed by atoms with Gasteiger partial charge in [0.1, 0.15) is 0 Å². The molecule has 188 valence electrons. The summed E-state index contributed by atoms with van der Waals surface area (Å²) in [4.78, 5) is 27.2. The molecule has 0 radical (unpaired) electrons. The van der Waals surface area contributed by atoms with E-state index in [1.165, 1.54) is 29.2 Å². The molecule has 2 aliphatic rings. The zero-order valence-electron chi connectivity index (χ0n) is 20.2. The van der Waals surface area contributed by atoms with Gasteiger partial charge in [0.05, 0.1) is 0 Å². The van der Waals surface area contributed by atoms with Crippen molar-refractivity contribution in [3.8, 4) is 0 Å². The zero-order valence-corrected chi connectivity index (χ0v) is 20.2. The fraction of sp³-hybridized carbons (Fsp3) is 0.481. The second-order valence-electron chi connectivity index (χ2n) is 9.80. The minimum atomic E-state index is -4.94. The van der Waals surface area contributed by atoms with Crippen molar-refractivity contribution in [1.29, 1.82) is 0 Å². The summed E-state index contributed by atoms with van der Waals surface area (Å²) in [6, 6.07) is 13.3. The van der Waals surface area contributed by atoms with Gasteiger partial charge in [0.25, 0.3) is 11.5 Å². The molecule has 1 unspecified atom stereocenters. The molecule has 2 saturated heterocycles. The molecule has 2 amide bonds. The van der Waals surface area contributed by atoms with E-state index in [9.17, 15) is 22.8 Å². The molecule has 2 heterocycles. The first-order chi connectivity index (χ1) is 16.5. The van der Waals surface area contributed by atoms with Crippen LogP contribution in [0.4, 0.5) is 13.2 Å². The van der Waals surface area contributed by atoms with Gasteiger partial charge in [-0.15, -0.1) is 0 Å². The summed E-state index contributed by atoms with van der Waals surface area (Å²) in [5.41, 5.74) is -0.355. The van der Waals surface area contributed by atoms with Gasteiger partial charge in [-0.2, -0.15) is 13.2 Å². The topological polar surface area (TPSA) is 58.6 Å². The molecule has 2 fully saturated rings. The average molecular weight is 489 g/mol. The lowest BCUT2D eigenvalue weighted by Crippen LogP contribution is -2.60. The minimum Gasteiger partial charge on any atom is -0.356 e. The van der Waals surface area contributed by atoms with Crippen LogP contribution in [0.5, 0.6) is 0 Å². The molecular formula is C27H31F3N2O3. The van der Waals surface area contributed by atoms with Crippen LogP contribution in [-0.2, 0) is 19.9 Å². The SMILES string of the molecule is CO[C@@](C(=O)N1CCC2(CC1)CC(=O)NCC2c1cc(C)ccc1C)(c1ccccc1)C(F)(F)F. The third kappa shape index (κ3) is 4.33. The Morgan fingerprint density at radius 1 is 1.09 bits per heavy atom. The lowest BCUT2D eigenvalue weighted by molar-refractivity contribution is -0.271. The van der Waals surface area contributed by atoms with E-state index in [-0.39, 0.29) is 30.5 Å². The quantitative estimate of drug-likeness (QED) is 0.683. The summed E-state index contributed by atoms with van der Waals surface area (Å²) in [7, 11) is 0.922. The van der Waals surface area contributed by atoms with Crippen LogP contribution in [0, 0.1) is 19.3 Å². The molecular weight excluding hydrogens is 457 g/mol. The Bertz CT molecular complexity index is 1090. The molecule has 4 rings (SSSR count). The lowest BCUT2D eigenvalue weighted by atomic mass is 9.62. The van der Waals surface area contributed by atoms with Gasteiger partial charge in [0.15, 0.2) is 0 Å². The summed E-state index contributed by atoms with van der Waals surface area (Å²) >= 11 is 0. The van der Waals surface area contributed by atoms with E-state index in [1.54, 1.807) is 6.07 Å². The van der Waals surface area contributed by atoms with Crippen molar-refractivity contribution in [2.24, 2.45) is 5.41 Å². The largest absolute Gasteiger partial charge is 0.430 e. The van der Waals surface area contributed by atoms with Crippen molar-refractivity contribution < 1.29 is 27.5 Å². The highest BCUT2D eigenvalue weighted by atomic mass is 19.4. The second kappa shape index (κ2) is 9.30. The van der Waals surface area contributed by atoms with Crippen LogP contribution in [-0.4, -0.2) is 49.6 Å². The van der Waals surface area contributed by atoms with E-state index in [0.29, 0.717) is 25.8 Å². The number of halogens is 3. The molecule has 2 aromatic rings. The Balaban J connectivity index is 1.64. The number of amides is 2. The Labute approximate surface area is 203 Å². The number of nitrogens with one attached hydrogen (secondary N) is 1. The predicted octanol–water partition coefficient (Wildman–Crippen LogP) is 4.62. The maximum absolute atomic E-state index is 14.4. The van der Waals surface area contributed by atoms with Crippen LogP contribution in [0.25, 0.3) is 0 Å². The molecule has 8 heteroatoms. The molecule has 5 nitrogen and oxygen atoms in total. The van der Waals surface area contributed by atoms with Gasteiger partial charge in [0.2, 0.25) is 5.91 Å². The van der Waals surface area contributed by atoms with Crippen LogP contribution in [0.2, 0.25) is 0 Å². The number of hydrogen-bond donors (Lipinski definition) is 1. The van der Waals surface area contributed by atoms with Crippen LogP contribution < -0.4 is 5.32 Å². The summed E-state index contributed by atoms with van der Waals surface area (Å²) < 4.78 is 48.2. The molecule has 2 aromatic carbocycles. The van der Waals surface area contributed by atoms with E-state index >= 15 is 0 Å². The number of piperidine rings is 2. The highest BCUT2D eigenvalue weighted by Crippen LogP contribution is 2.51. The van der Waals surface area contributed by atoms with Crippen LogP contribution >= 0.6 is 0 Å². The Hall–Kier alpha value is -2.87. The first-order valence-electron chi connectivity index (χ1n) is 11.8. The molecule has 2 aliphatic heterocycles. The number of hydrogen-bond acceptors (Lipinski definition) is 3. The average Bonchev–Trinajstić information content (AvgIpc) is 2.82. The van der Waals surface area contributed by atoms with Crippen molar-refractivity contribution in [2.45, 2.75) is 50.8 Å². The minimum absolute atomic E-state index is 0.0290. The number of carbonyl (C=O) groups is 2. The highest BCUT2D eigenvalue weighted by molar-refractivity contribution is 5.88. The van der Waals surface area contributed by atoms with Gasteiger partial charge in [-0.3, -0.25) is 9.59 Å². The van der Waals surface area contributed by atoms with Crippen LogP contribution in [0.3, 0.4) is 0 Å². The lowest BCUT2D eigenvalue weighted by Gasteiger charge is -2.50. The first kappa shape index (κ1) is 25.2. The molecule has 1 N–H and O–H groups in total. The number of benzene rings is 2. The molecule has 35 heavy (non-hydrogen) atoms. The summed E-state index contributed by atoms with van der Waals surface area (Å²) in [6.07, 6.45) is -3.77. The van der Waals surface area contributed by atoms with Gasteiger partial charge >= 0.3 is 6.18 Å². The van der Waals surface area contributed by atoms with Crippen molar-refractivity contribution in [2.75, 3.05) is 26.7 Å². The predicted molar refractivity (Wildman–Crippen MR) is 126 cm³/mol. The van der Waals surface area contributed by atoms with E-state index in [2.05, 4.69) is 17.4 Å². The fourth-order valence-electron chi connectivity index (χ4n) is 5.82. The number of methoxy groups -OCH3 is 1. The smallest absolute Gasteiger partial charge is 0.356 e. The molecule has 2 atom stereocenters. The first-order valence-corrected chi connectivity index (χ1v) is 11.8. The van der Waals surface area contributed by atoms with Gasteiger partial charge in [0, 0.05) is 44.6 Å². The number of rotatable bonds is 4. The third-order valence-electron chi connectivity index (χ3n) is 7.80. The molecule has 0 saturated carbocycles. The van der Waals surface area contributed by atoms with E-state index in [4.69, 9.17) is 4.74 Å². The number of carbonyl (C=O) groups excluding carboxylic acids is 2. The van der Waals surface area contributed by atoms with E-state index in [1.807, 2.05) is 19.9 Å². The van der Waals surface area contributed by atoms with Crippen molar-refractivity contribution >= 4 is 11.8 Å². The molecule has 0 bridgehead atoms. The summed E-state index contributed by atoms with van der Waals surface area (Å²) in [5.74, 6) is -1.14. The van der Waals surface area contributed by atoms with Gasteiger partial charge < -0.3 is 15.0 Å². The fourth-order valence-corrected chi connectivity index (χ4v) is 5.82. The third-order valence-corrected chi connectivity index (χ3v) is 7.80. The van der Waals surface area contributed by atoms with Gasteiger partial charge in [-0.05, 0) is 43.2 Å². The monoisotopic (exact) mass is 488 g/mol. The van der Waals surface area contributed by atoms with E-state index in [0.717, 1.165) is 23.8 Å². The Kier molecular flexibility index (Phi) is 6.70. The maximum Gasteiger partial charge on any atom is 0.430 e. The zero-order chi connectivity index (χ0) is 25.4. The summed E-state index contributed by atoms with van der Waals surface area (Å²) in [5, 5.41) is 2.97. The maximum atomic E-state index is 14.4. The van der Waals surface area contributed by atoms with Gasteiger partial charge in [-0.1, -0.05) is 54.1 Å². The number of likely N-dealkylation sites (tertiary alicyclic amines) is 1. The van der Waals surface area contributed by atoms with Crippen molar-refractivity contribution in [1.82, 2.24) is 10.2 Å².